The number of aliphatic hydroxyl groups is 1. The van der Waals surface area contributed by atoms with Gasteiger partial charge in [0.05, 0.1) is 64.8 Å². The molecule has 4 aromatic rings. The molecule has 2 N–H and O–H groups in total. The monoisotopic (exact) mass is 564 g/mol. The van der Waals surface area contributed by atoms with Crippen molar-refractivity contribution in [2.75, 3.05) is 71.0 Å². The van der Waals surface area contributed by atoms with E-state index in [9.17, 15) is 5.11 Å². The Morgan fingerprint density at radius 1 is 1.05 bits per heavy atom. The highest BCUT2D eigenvalue weighted by Gasteiger charge is 2.28. The van der Waals surface area contributed by atoms with Gasteiger partial charge in [-0.15, -0.1) is 5.10 Å². The molecule has 0 amide bonds. The van der Waals surface area contributed by atoms with Crippen molar-refractivity contribution in [3.63, 3.8) is 0 Å². The summed E-state index contributed by atoms with van der Waals surface area (Å²) in [6, 6.07) is 7.85. The zero-order chi connectivity index (χ0) is 28.3. The molecule has 1 unspecified atom stereocenters. The molecular formula is C28H36N8O5. The Bertz CT molecular complexity index is 1470. The number of methoxy groups -OCH3 is 3. The lowest BCUT2D eigenvalue weighted by molar-refractivity contribution is 0.0334. The van der Waals surface area contributed by atoms with Crippen LogP contribution in [0, 0.1) is 0 Å². The fraction of sp³-hybridized carbons (Fsp3) is 0.464. The van der Waals surface area contributed by atoms with Crippen molar-refractivity contribution in [1.82, 2.24) is 29.0 Å². The number of hydrogen-bond donors (Lipinski definition) is 2. The third-order valence-corrected chi connectivity index (χ3v) is 7.69. The van der Waals surface area contributed by atoms with Crippen molar-refractivity contribution in [1.29, 1.82) is 0 Å². The zero-order valence-corrected chi connectivity index (χ0v) is 23.6. The number of anilines is 3. The predicted octanol–water partition coefficient (Wildman–Crippen LogP) is 2.48. The van der Waals surface area contributed by atoms with Crippen molar-refractivity contribution in [3.8, 4) is 22.9 Å². The smallest absolute Gasteiger partial charge is 0.245 e. The lowest BCUT2D eigenvalue weighted by atomic mass is 10.2. The number of morpholine rings is 1. The van der Waals surface area contributed by atoms with Crippen LogP contribution >= 0.6 is 0 Å². The summed E-state index contributed by atoms with van der Waals surface area (Å²) in [6.07, 6.45) is 5.49. The predicted molar refractivity (Wildman–Crippen MR) is 153 cm³/mol. The number of benzene rings is 1. The Hall–Kier alpha value is -4.07. The van der Waals surface area contributed by atoms with Gasteiger partial charge in [0.2, 0.25) is 11.7 Å². The summed E-state index contributed by atoms with van der Waals surface area (Å²) in [6.45, 7) is 4.85. The lowest BCUT2D eigenvalue weighted by Crippen LogP contribution is -2.36. The molecule has 0 aliphatic carbocycles. The number of ether oxygens (including phenoxy) is 4. The van der Waals surface area contributed by atoms with Crippen LogP contribution in [-0.2, 0) is 11.3 Å². The van der Waals surface area contributed by atoms with E-state index in [1.165, 1.54) is 0 Å². The van der Waals surface area contributed by atoms with E-state index in [0.29, 0.717) is 34.8 Å². The minimum Gasteiger partial charge on any atom is -0.493 e. The van der Waals surface area contributed by atoms with Crippen LogP contribution in [0.1, 0.15) is 18.5 Å². The second-order valence-electron chi connectivity index (χ2n) is 10.1. The molecule has 0 radical (unpaired) electrons. The fourth-order valence-corrected chi connectivity index (χ4v) is 5.51. The summed E-state index contributed by atoms with van der Waals surface area (Å²) in [5, 5.41) is 18.4. The van der Waals surface area contributed by atoms with Gasteiger partial charge in [-0.3, -0.25) is 4.90 Å². The molecule has 13 nitrogen and oxygen atoms in total. The van der Waals surface area contributed by atoms with E-state index >= 15 is 0 Å². The van der Waals surface area contributed by atoms with E-state index in [1.54, 1.807) is 27.7 Å². The standard InChI is InChI=1S/C28H36N8O5/c1-38-23-13-21(14-24(39-2)26(23)40-3)34-16-25(29-18-34)30-27-22-7-6-19(15-33-9-11-41-12-10-33)36(22)32-28(31-27)35-8-4-5-20(35)17-37/h6-7,13-14,16,18,20,37H,4-5,8-12,15,17H2,1-3H3,(H,30,31,32). The fourth-order valence-electron chi connectivity index (χ4n) is 5.51. The van der Waals surface area contributed by atoms with Gasteiger partial charge in [0.25, 0.3) is 0 Å². The Balaban J connectivity index is 1.35. The van der Waals surface area contributed by atoms with Crippen molar-refractivity contribution in [2.24, 2.45) is 0 Å². The van der Waals surface area contributed by atoms with E-state index in [4.69, 9.17) is 29.0 Å². The minimum absolute atomic E-state index is 0.00204. The summed E-state index contributed by atoms with van der Waals surface area (Å²) in [5.41, 5.74) is 2.71. The molecule has 13 heteroatoms. The highest BCUT2D eigenvalue weighted by atomic mass is 16.5. The first kappa shape index (κ1) is 27.1. The Labute approximate surface area is 238 Å². The van der Waals surface area contributed by atoms with Gasteiger partial charge in [-0.05, 0) is 25.0 Å². The van der Waals surface area contributed by atoms with E-state index in [-0.39, 0.29) is 12.6 Å². The van der Waals surface area contributed by atoms with Gasteiger partial charge in [0, 0.05) is 38.3 Å². The highest BCUT2D eigenvalue weighted by Crippen LogP contribution is 2.39. The second kappa shape index (κ2) is 11.8. The molecule has 0 spiro atoms. The van der Waals surface area contributed by atoms with Gasteiger partial charge in [-0.25, -0.2) is 9.50 Å². The van der Waals surface area contributed by atoms with Gasteiger partial charge in [0.1, 0.15) is 17.7 Å². The third kappa shape index (κ3) is 5.35. The zero-order valence-electron chi connectivity index (χ0n) is 23.6. The molecule has 5 heterocycles. The number of nitrogens with zero attached hydrogens (tertiary/aromatic N) is 7. The Morgan fingerprint density at radius 2 is 1.83 bits per heavy atom. The van der Waals surface area contributed by atoms with Gasteiger partial charge in [0.15, 0.2) is 17.3 Å². The van der Waals surface area contributed by atoms with Crippen molar-refractivity contribution in [2.45, 2.75) is 25.4 Å². The molecule has 41 heavy (non-hydrogen) atoms. The molecule has 1 atom stereocenters. The number of rotatable bonds is 10. The summed E-state index contributed by atoms with van der Waals surface area (Å²) in [7, 11) is 4.76. The maximum Gasteiger partial charge on any atom is 0.245 e. The summed E-state index contributed by atoms with van der Waals surface area (Å²) >= 11 is 0. The maximum absolute atomic E-state index is 9.99. The molecule has 2 aliphatic heterocycles. The third-order valence-electron chi connectivity index (χ3n) is 7.69. The first-order valence-corrected chi connectivity index (χ1v) is 13.8. The molecule has 2 aliphatic rings. The van der Waals surface area contributed by atoms with Gasteiger partial charge in [-0.1, -0.05) is 0 Å². The highest BCUT2D eigenvalue weighted by molar-refractivity contribution is 5.74. The summed E-state index contributed by atoms with van der Waals surface area (Å²) < 4.78 is 25.9. The summed E-state index contributed by atoms with van der Waals surface area (Å²) in [5.74, 6) is 3.47. The number of imidazole rings is 1. The quantitative estimate of drug-likeness (QED) is 0.295. The van der Waals surface area contributed by atoms with Gasteiger partial charge < -0.3 is 38.8 Å². The average Bonchev–Trinajstić information content (AvgIpc) is 3.77. The number of fused-ring (bicyclic) bond motifs is 1. The second-order valence-corrected chi connectivity index (χ2v) is 10.1. The molecule has 3 aromatic heterocycles. The number of hydrogen-bond acceptors (Lipinski definition) is 11. The van der Waals surface area contributed by atoms with Crippen molar-refractivity contribution in [3.05, 3.63) is 42.5 Å². The van der Waals surface area contributed by atoms with Crippen LogP contribution in [0.25, 0.3) is 11.2 Å². The van der Waals surface area contributed by atoms with Crippen LogP contribution in [0.4, 0.5) is 17.6 Å². The van der Waals surface area contributed by atoms with Crippen LogP contribution in [0.2, 0.25) is 0 Å². The molecule has 2 fully saturated rings. The number of aliphatic hydroxyl groups excluding tert-OH is 1. The Morgan fingerprint density at radius 3 is 2.54 bits per heavy atom. The normalized spacial score (nSPS) is 17.8. The largest absolute Gasteiger partial charge is 0.493 e. The van der Waals surface area contributed by atoms with E-state index in [1.807, 2.05) is 33.5 Å². The first-order chi connectivity index (χ1) is 20.1. The van der Waals surface area contributed by atoms with Gasteiger partial charge >= 0.3 is 0 Å². The SMILES string of the molecule is COc1cc(-n2cnc(Nc3nc(N4CCCC4CO)nn4c(CN5CCOCC5)ccc34)c2)cc(OC)c1OC. The number of nitrogens with one attached hydrogen (secondary N) is 1. The van der Waals surface area contributed by atoms with Crippen LogP contribution in [0.3, 0.4) is 0 Å². The molecule has 0 bridgehead atoms. The van der Waals surface area contributed by atoms with Crippen molar-refractivity contribution >= 4 is 23.1 Å². The van der Waals surface area contributed by atoms with E-state index < -0.39 is 0 Å². The topological polar surface area (TPSA) is 124 Å². The number of aromatic nitrogens is 5. The van der Waals surface area contributed by atoms with Crippen LogP contribution in [0.15, 0.2) is 36.8 Å². The average molecular weight is 565 g/mol. The molecule has 1 aromatic carbocycles. The molecule has 0 saturated carbocycles. The first-order valence-electron chi connectivity index (χ1n) is 13.8. The van der Waals surface area contributed by atoms with Crippen LogP contribution < -0.4 is 24.4 Å². The Kier molecular flexibility index (Phi) is 7.81. The van der Waals surface area contributed by atoms with Crippen molar-refractivity contribution < 1.29 is 24.1 Å². The minimum atomic E-state index is -0.00204. The molecule has 6 rings (SSSR count). The molecule has 218 valence electrons. The van der Waals surface area contributed by atoms with Gasteiger partial charge in [-0.2, -0.15) is 4.98 Å². The maximum atomic E-state index is 9.99. The summed E-state index contributed by atoms with van der Waals surface area (Å²) in [4.78, 5) is 14.0. The van der Waals surface area contributed by atoms with Crippen LogP contribution in [-0.4, -0.2) is 101 Å². The molecule has 2 saturated heterocycles. The van der Waals surface area contributed by atoms with E-state index in [2.05, 4.69) is 26.2 Å². The lowest BCUT2D eigenvalue weighted by Gasteiger charge is -2.26. The van der Waals surface area contributed by atoms with E-state index in [0.717, 1.165) is 69.1 Å². The van der Waals surface area contributed by atoms with Crippen LogP contribution in [0.5, 0.6) is 17.2 Å². The molecular weight excluding hydrogens is 528 g/mol.